The van der Waals surface area contributed by atoms with Crippen LogP contribution >= 0.6 is 34.7 Å². The zero-order valence-corrected chi connectivity index (χ0v) is 19.0. The van der Waals surface area contributed by atoms with Gasteiger partial charge in [0.2, 0.25) is 5.91 Å². The first kappa shape index (κ1) is 21.7. The largest absolute Gasteiger partial charge is 0.484 e. The summed E-state index contributed by atoms with van der Waals surface area (Å²) in [5.74, 6) is 0.451. The number of thioether (sulfide) groups is 1. The molecule has 1 fully saturated rings. The zero-order chi connectivity index (χ0) is 22.0. The number of hydrogen-bond donors (Lipinski definition) is 2. The van der Waals surface area contributed by atoms with Crippen molar-refractivity contribution in [2.75, 3.05) is 5.32 Å². The van der Waals surface area contributed by atoms with E-state index in [9.17, 15) is 9.59 Å². The van der Waals surface area contributed by atoms with Gasteiger partial charge in [0, 0.05) is 6.04 Å². The number of thiophene rings is 1. The van der Waals surface area contributed by atoms with E-state index in [-0.39, 0.29) is 12.5 Å². The number of para-hydroxylation sites is 1. The maximum Gasteiger partial charge on any atom is 0.251 e. The third kappa shape index (κ3) is 5.03. The average Bonchev–Trinajstić information content (AvgIpc) is 3.33. The van der Waals surface area contributed by atoms with Crippen molar-refractivity contribution in [3.05, 3.63) is 52.1 Å². The molecule has 0 aliphatic heterocycles. The highest BCUT2D eigenvalue weighted by atomic mass is 35.5. The van der Waals surface area contributed by atoms with E-state index in [2.05, 4.69) is 15.5 Å². The molecule has 0 bridgehead atoms. The van der Waals surface area contributed by atoms with Crippen LogP contribution in [0.1, 0.15) is 42.0 Å². The van der Waals surface area contributed by atoms with E-state index in [1.54, 1.807) is 30.5 Å². The molecule has 4 rings (SSSR count). The van der Waals surface area contributed by atoms with E-state index in [1.807, 2.05) is 16.7 Å². The van der Waals surface area contributed by atoms with Crippen molar-refractivity contribution in [3.8, 4) is 5.75 Å². The molecule has 0 spiro atoms. The Hall–Kier alpha value is -2.56. The molecule has 31 heavy (non-hydrogen) atoms. The van der Waals surface area contributed by atoms with Crippen LogP contribution in [0.4, 0.5) is 5.00 Å². The van der Waals surface area contributed by atoms with Gasteiger partial charge in [-0.1, -0.05) is 35.5 Å². The van der Waals surface area contributed by atoms with Crippen LogP contribution in [0.3, 0.4) is 0 Å². The predicted octanol–water partition coefficient (Wildman–Crippen LogP) is 4.13. The van der Waals surface area contributed by atoms with Crippen molar-refractivity contribution in [2.45, 2.75) is 42.8 Å². The number of benzene rings is 1. The number of carbonyl (C=O) groups excluding carboxylic acids is 2. The van der Waals surface area contributed by atoms with Crippen molar-refractivity contribution in [2.24, 2.45) is 5.73 Å². The van der Waals surface area contributed by atoms with Crippen LogP contribution in [0.25, 0.3) is 0 Å². The fourth-order valence-corrected chi connectivity index (χ4v) is 4.84. The molecule has 0 radical (unpaired) electrons. The lowest BCUT2D eigenvalue weighted by molar-refractivity contribution is -0.115. The Bertz CT molecular complexity index is 1110. The number of carbonyl (C=O) groups is 2. The number of primary amides is 1. The van der Waals surface area contributed by atoms with Crippen molar-refractivity contribution >= 4 is 51.5 Å². The van der Waals surface area contributed by atoms with Gasteiger partial charge in [0.15, 0.2) is 11.0 Å². The average molecular weight is 478 g/mol. The first-order chi connectivity index (χ1) is 14.9. The molecule has 162 valence electrons. The highest BCUT2D eigenvalue weighted by Crippen LogP contribution is 2.40. The Balaban J connectivity index is 1.44. The standard InChI is InChI=1S/C20H20ClN5O3S2/c1-11(18(28)23-19-13(17(22)27)8-9-30-19)31-20-25-24-16(26(20)12-6-7-12)10-29-15-5-3-2-4-14(15)21/h2-5,8-9,11-12H,6-7,10H2,1H3,(H2,22,27)(H,23,28)/t11-/m0/s1. The fraction of sp³-hybridized carbons (Fsp3) is 0.300. The third-order valence-electron chi connectivity index (χ3n) is 4.66. The summed E-state index contributed by atoms with van der Waals surface area (Å²) >= 11 is 8.73. The third-order valence-corrected chi connectivity index (χ3v) is 6.86. The van der Waals surface area contributed by atoms with E-state index in [0.29, 0.717) is 38.4 Å². The van der Waals surface area contributed by atoms with Crippen LogP contribution in [-0.2, 0) is 11.4 Å². The van der Waals surface area contributed by atoms with Gasteiger partial charge in [-0.3, -0.25) is 14.2 Å². The number of anilines is 1. The van der Waals surface area contributed by atoms with Gasteiger partial charge in [0.05, 0.1) is 15.8 Å². The minimum Gasteiger partial charge on any atom is -0.484 e. The number of aromatic nitrogens is 3. The molecule has 0 unspecified atom stereocenters. The normalized spacial score (nSPS) is 14.3. The van der Waals surface area contributed by atoms with Crippen LogP contribution in [0.15, 0.2) is 40.9 Å². The van der Waals surface area contributed by atoms with Gasteiger partial charge in [-0.05, 0) is 43.3 Å². The van der Waals surface area contributed by atoms with Gasteiger partial charge < -0.3 is 15.8 Å². The molecule has 1 aliphatic carbocycles. The summed E-state index contributed by atoms with van der Waals surface area (Å²) in [6, 6.07) is 9.15. The Morgan fingerprint density at radius 2 is 2.13 bits per heavy atom. The molecule has 2 aromatic heterocycles. The van der Waals surface area contributed by atoms with Gasteiger partial charge >= 0.3 is 0 Å². The van der Waals surface area contributed by atoms with Crippen LogP contribution in [0, 0.1) is 0 Å². The second-order valence-electron chi connectivity index (χ2n) is 7.00. The number of halogens is 1. The molecule has 0 saturated heterocycles. The zero-order valence-electron chi connectivity index (χ0n) is 16.6. The number of rotatable bonds is 9. The van der Waals surface area contributed by atoms with E-state index in [4.69, 9.17) is 22.1 Å². The fourth-order valence-electron chi connectivity index (χ4n) is 2.92. The second kappa shape index (κ2) is 9.29. The van der Waals surface area contributed by atoms with Crippen LogP contribution in [0.2, 0.25) is 5.02 Å². The molecule has 8 nitrogen and oxygen atoms in total. The van der Waals surface area contributed by atoms with Crippen LogP contribution in [0.5, 0.6) is 5.75 Å². The maximum absolute atomic E-state index is 12.7. The summed E-state index contributed by atoms with van der Waals surface area (Å²) in [6.45, 7) is 2.01. The van der Waals surface area contributed by atoms with Crippen molar-refractivity contribution < 1.29 is 14.3 Å². The maximum atomic E-state index is 12.7. The Morgan fingerprint density at radius 1 is 1.35 bits per heavy atom. The molecule has 1 saturated carbocycles. The minimum absolute atomic E-state index is 0.228. The SMILES string of the molecule is C[C@H](Sc1nnc(COc2ccccc2Cl)n1C1CC1)C(=O)Nc1sccc1C(N)=O. The number of hydrogen-bond acceptors (Lipinski definition) is 7. The molecule has 3 aromatic rings. The first-order valence-corrected chi connectivity index (χ1v) is 11.7. The summed E-state index contributed by atoms with van der Waals surface area (Å²) in [4.78, 5) is 24.1. The Morgan fingerprint density at radius 3 is 2.84 bits per heavy atom. The highest BCUT2D eigenvalue weighted by molar-refractivity contribution is 8.00. The van der Waals surface area contributed by atoms with E-state index in [1.165, 1.54) is 23.1 Å². The van der Waals surface area contributed by atoms with Crippen molar-refractivity contribution in [1.82, 2.24) is 14.8 Å². The van der Waals surface area contributed by atoms with Gasteiger partial charge in [-0.2, -0.15) is 0 Å². The van der Waals surface area contributed by atoms with E-state index < -0.39 is 11.2 Å². The molecule has 2 heterocycles. The molecule has 1 aromatic carbocycles. The van der Waals surface area contributed by atoms with Gasteiger partial charge in [-0.15, -0.1) is 21.5 Å². The lowest BCUT2D eigenvalue weighted by Crippen LogP contribution is -2.24. The molecule has 3 N–H and O–H groups in total. The summed E-state index contributed by atoms with van der Waals surface area (Å²) in [7, 11) is 0. The van der Waals surface area contributed by atoms with E-state index >= 15 is 0 Å². The van der Waals surface area contributed by atoms with E-state index in [0.717, 1.165) is 12.8 Å². The molecular formula is C20H20ClN5O3S2. The predicted molar refractivity (Wildman–Crippen MR) is 121 cm³/mol. The highest BCUT2D eigenvalue weighted by Gasteiger charge is 2.31. The lowest BCUT2D eigenvalue weighted by Gasteiger charge is -2.13. The summed E-state index contributed by atoms with van der Waals surface area (Å²) in [5, 5.41) is 14.2. The van der Waals surface area contributed by atoms with Crippen LogP contribution in [-0.4, -0.2) is 31.8 Å². The van der Waals surface area contributed by atoms with Crippen molar-refractivity contribution in [1.29, 1.82) is 0 Å². The molecule has 11 heteroatoms. The monoisotopic (exact) mass is 477 g/mol. The lowest BCUT2D eigenvalue weighted by atomic mass is 10.3. The topological polar surface area (TPSA) is 112 Å². The van der Waals surface area contributed by atoms with Crippen molar-refractivity contribution in [3.63, 3.8) is 0 Å². The molecule has 2 amide bonds. The first-order valence-electron chi connectivity index (χ1n) is 9.60. The number of nitrogens with two attached hydrogens (primary N) is 1. The number of ether oxygens (including phenoxy) is 1. The van der Waals surface area contributed by atoms with Gasteiger partial charge in [-0.25, -0.2) is 0 Å². The summed E-state index contributed by atoms with van der Waals surface area (Å²) < 4.78 is 7.86. The van der Waals surface area contributed by atoms with Gasteiger partial charge in [0.25, 0.3) is 5.91 Å². The molecular weight excluding hydrogens is 458 g/mol. The number of nitrogens with zero attached hydrogens (tertiary/aromatic N) is 3. The number of nitrogens with one attached hydrogen (secondary N) is 1. The minimum atomic E-state index is -0.575. The second-order valence-corrected chi connectivity index (χ2v) is 9.63. The van der Waals surface area contributed by atoms with Gasteiger partial charge in [0.1, 0.15) is 17.4 Å². The summed E-state index contributed by atoms with van der Waals surface area (Å²) in [6.07, 6.45) is 2.06. The number of amides is 2. The molecule has 1 atom stereocenters. The smallest absolute Gasteiger partial charge is 0.251 e. The van der Waals surface area contributed by atoms with Crippen LogP contribution < -0.4 is 15.8 Å². The quantitative estimate of drug-likeness (QED) is 0.448. The Labute approximate surface area is 192 Å². The Kier molecular flexibility index (Phi) is 6.49. The molecule has 1 aliphatic rings. The summed E-state index contributed by atoms with van der Waals surface area (Å²) in [5.41, 5.74) is 5.65.